The molecule has 6 nitrogen and oxygen atoms in total. The molecule has 0 unspecified atom stereocenters. The number of alkyl halides is 10. The number of carbonyl (C=O) groups is 2. The molecule has 2 aromatic carbocycles. The molecule has 0 aliphatic heterocycles. The van der Waals surface area contributed by atoms with Crippen molar-refractivity contribution in [2.75, 3.05) is 10.6 Å². The lowest BCUT2D eigenvalue weighted by Gasteiger charge is -2.31. The molecule has 3 rings (SSSR count). The molecule has 0 fully saturated rings. The van der Waals surface area contributed by atoms with Gasteiger partial charge in [0.05, 0.1) is 28.1 Å². The summed E-state index contributed by atoms with van der Waals surface area (Å²) in [5.74, 6) is -4.11. The molecule has 2 N–H and O–H groups in total. The number of carbonyl (C=O) groups excluding carboxylic acids is 2. The second kappa shape index (κ2) is 11.3. The fraction of sp³-hybridized carbons (Fsp3) is 0.167. The molecule has 42 heavy (non-hydrogen) atoms. The van der Waals surface area contributed by atoms with Crippen molar-refractivity contribution in [3.63, 3.8) is 0 Å². The maximum Gasteiger partial charge on any atom is 0.435 e. The van der Waals surface area contributed by atoms with Gasteiger partial charge in [-0.15, -0.1) is 0 Å². The maximum absolute atomic E-state index is 15.1. The Hall–Kier alpha value is -4.02. The van der Waals surface area contributed by atoms with Gasteiger partial charge in [-0.1, -0.05) is 6.07 Å². The molecule has 0 saturated carbocycles. The second-order valence-corrected chi connectivity index (χ2v) is 9.31. The highest BCUT2D eigenvalue weighted by Gasteiger charge is 2.73. The summed E-state index contributed by atoms with van der Waals surface area (Å²) in [5, 5.41) is 12.4. The van der Waals surface area contributed by atoms with E-state index in [0.29, 0.717) is 0 Å². The van der Waals surface area contributed by atoms with Crippen molar-refractivity contribution in [3.05, 3.63) is 86.0 Å². The highest BCUT2D eigenvalue weighted by Crippen LogP contribution is 2.54. The predicted molar refractivity (Wildman–Crippen MR) is 130 cm³/mol. The molecular weight excluding hydrogens is 712 g/mol. The Morgan fingerprint density at radius 3 is 1.98 bits per heavy atom. The zero-order valence-electron chi connectivity index (χ0n) is 19.9. The minimum absolute atomic E-state index is 0.0497. The van der Waals surface area contributed by atoms with Crippen LogP contribution < -0.4 is 10.6 Å². The van der Waals surface area contributed by atoms with Crippen LogP contribution in [0.25, 0.3) is 0 Å². The predicted octanol–water partition coefficient (Wildman–Crippen LogP) is 7.51. The number of benzene rings is 2. The molecule has 2 amide bonds. The average molecular weight is 722 g/mol. The lowest BCUT2D eigenvalue weighted by Crippen LogP contribution is -2.50. The molecule has 0 bridgehead atoms. The first-order valence-corrected chi connectivity index (χ1v) is 11.8. The molecule has 0 aliphatic rings. The Kier molecular flexibility index (Phi) is 8.77. The number of nitrogens with zero attached hydrogens (tertiary/aromatic N) is 2. The Bertz CT molecular complexity index is 1560. The second-order valence-electron chi connectivity index (χ2n) is 8.15. The molecular formula is C24H10F11IN4O2. The monoisotopic (exact) mass is 722 g/mol. The van der Waals surface area contributed by atoms with Gasteiger partial charge < -0.3 is 10.6 Å². The van der Waals surface area contributed by atoms with Crippen LogP contribution in [0.4, 0.5) is 59.7 Å². The van der Waals surface area contributed by atoms with Crippen LogP contribution in [0, 0.1) is 20.7 Å². The Morgan fingerprint density at radius 1 is 0.857 bits per heavy atom. The lowest BCUT2D eigenvalue weighted by atomic mass is 9.92. The van der Waals surface area contributed by atoms with E-state index in [1.54, 1.807) is 11.4 Å². The van der Waals surface area contributed by atoms with Crippen molar-refractivity contribution < 1.29 is 57.9 Å². The van der Waals surface area contributed by atoms with Crippen LogP contribution in [0.15, 0.2) is 48.7 Å². The summed E-state index contributed by atoms with van der Waals surface area (Å²) >= 11 is 0.851. The summed E-state index contributed by atoms with van der Waals surface area (Å²) in [6, 6.07) is 5.77. The number of anilines is 2. The van der Waals surface area contributed by atoms with E-state index < -0.39 is 79.5 Å². The average Bonchev–Trinajstić information content (AvgIpc) is 2.88. The normalized spacial score (nSPS) is 12.5. The third-order valence-electron chi connectivity index (χ3n) is 5.44. The van der Waals surface area contributed by atoms with E-state index in [4.69, 9.17) is 5.26 Å². The van der Waals surface area contributed by atoms with E-state index in [2.05, 4.69) is 10.3 Å². The zero-order chi connectivity index (χ0) is 31.8. The fourth-order valence-corrected chi connectivity index (χ4v) is 4.18. The van der Waals surface area contributed by atoms with Crippen molar-refractivity contribution in [1.82, 2.24) is 4.98 Å². The van der Waals surface area contributed by atoms with Crippen LogP contribution in [-0.4, -0.2) is 29.2 Å². The van der Waals surface area contributed by atoms with E-state index in [0.717, 1.165) is 59.1 Å². The quantitative estimate of drug-likeness (QED) is 0.211. The molecule has 0 saturated heterocycles. The van der Waals surface area contributed by atoms with E-state index >= 15 is 4.39 Å². The van der Waals surface area contributed by atoms with E-state index in [-0.39, 0.29) is 17.3 Å². The first-order chi connectivity index (χ1) is 19.2. The topological polar surface area (TPSA) is 94.9 Å². The van der Waals surface area contributed by atoms with Gasteiger partial charge >= 0.3 is 24.2 Å². The third kappa shape index (κ3) is 6.24. The third-order valence-corrected chi connectivity index (χ3v) is 6.30. The van der Waals surface area contributed by atoms with Crippen LogP contribution in [0.3, 0.4) is 0 Å². The molecule has 0 spiro atoms. The number of amides is 2. The smallest absolute Gasteiger partial charge is 0.320 e. The maximum atomic E-state index is 15.1. The number of aromatic nitrogens is 1. The van der Waals surface area contributed by atoms with Gasteiger partial charge in [0.15, 0.2) is 5.82 Å². The molecule has 1 aromatic heterocycles. The number of nitrogens with one attached hydrogen (secondary N) is 2. The molecule has 1 heterocycles. The Morgan fingerprint density at radius 2 is 1.48 bits per heavy atom. The summed E-state index contributed by atoms with van der Waals surface area (Å²) in [6.45, 7) is 0. The van der Waals surface area contributed by atoms with Crippen molar-refractivity contribution in [2.45, 2.75) is 24.2 Å². The van der Waals surface area contributed by atoms with Crippen LogP contribution in [0.5, 0.6) is 0 Å². The van der Waals surface area contributed by atoms with E-state index in [1.807, 2.05) is 0 Å². The molecule has 3 aromatic rings. The summed E-state index contributed by atoms with van der Waals surface area (Å²) in [7, 11) is 0. The first kappa shape index (κ1) is 32.5. The van der Waals surface area contributed by atoms with Crippen molar-refractivity contribution in [2.24, 2.45) is 0 Å². The minimum atomic E-state index is -6.72. The highest BCUT2D eigenvalue weighted by atomic mass is 127. The van der Waals surface area contributed by atoms with Gasteiger partial charge in [-0.3, -0.25) is 9.59 Å². The van der Waals surface area contributed by atoms with Crippen molar-refractivity contribution in [3.8, 4) is 6.07 Å². The number of nitriles is 1. The van der Waals surface area contributed by atoms with Crippen molar-refractivity contribution >= 4 is 45.8 Å². The number of halogens is 12. The van der Waals surface area contributed by atoms with Gasteiger partial charge in [-0.05, 0) is 59.0 Å². The summed E-state index contributed by atoms with van der Waals surface area (Å²) in [4.78, 5) is 28.7. The van der Waals surface area contributed by atoms with E-state index in [9.17, 15) is 53.5 Å². The van der Waals surface area contributed by atoms with Gasteiger partial charge in [-0.2, -0.15) is 44.8 Å². The molecule has 0 atom stereocenters. The van der Waals surface area contributed by atoms with Gasteiger partial charge in [-0.25, -0.2) is 13.8 Å². The van der Waals surface area contributed by atoms with Gasteiger partial charge in [0, 0.05) is 15.3 Å². The number of pyridine rings is 1. The molecule has 18 heteroatoms. The fourth-order valence-electron chi connectivity index (χ4n) is 3.42. The molecule has 0 radical (unpaired) electrons. The lowest BCUT2D eigenvalue weighted by molar-refractivity contribution is -0.348. The van der Waals surface area contributed by atoms with Gasteiger partial charge in [0.1, 0.15) is 11.8 Å². The Balaban J connectivity index is 2.02. The van der Waals surface area contributed by atoms with Crippen LogP contribution in [0.1, 0.15) is 37.5 Å². The minimum Gasteiger partial charge on any atom is -0.320 e. The number of hydrogen-bond acceptors (Lipinski definition) is 4. The SMILES string of the molecule is N#Cc1ccc(C(=O)Nc2cccc(C(=O)Nc3c(I)cc(C(F)(C(F)(F)F)C(F)(F)F)cc3C(F)(F)F)c2F)cn1. The van der Waals surface area contributed by atoms with Gasteiger partial charge in [0.25, 0.3) is 11.8 Å². The molecule has 222 valence electrons. The van der Waals surface area contributed by atoms with Crippen LogP contribution in [-0.2, 0) is 11.8 Å². The number of hydrogen-bond donors (Lipinski definition) is 2. The van der Waals surface area contributed by atoms with Crippen LogP contribution >= 0.6 is 22.6 Å². The summed E-state index contributed by atoms with van der Waals surface area (Å²) < 4.78 is 149. The zero-order valence-corrected chi connectivity index (χ0v) is 22.0. The Labute approximate surface area is 240 Å². The summed E-state index contributed by atoms with van der Waals surface area (Å²) in [6.07, 6.45) is -18.2. The highest BCUT2D eigenvalue weighted by molar-refractivity contribution is 14.1. The van der Waals surface area contributed by atoms with Crippen molar-refractivity contribution in [1.29, 1.82) is 5.26 Å². The van der Waals surface area contributed by atoms with Crippen LogP contribution in [0.2, 0.25) is 0 Å². The number of rotatable bonds is 5. The molecule has 0 aliphatic carbocycles. The van der Waals surface area contributed by atoms with Gasteiger partial charge in [0.2, 0.25) is 0 Å². The first-order valence-electron chi connectivity index (χ1n) is 10.7. The summed E-state index contributed by atoms with van der Waals surface area (Å²) in [5.41, 5.74) is -14.2. The standard InChI is InChI=1S/C24H10F11IN4O2/c25-17-13(2-1-3-16(17)39-19(41)10-4-5-12(8-37)38-9-10)20(42)40-18-14(22(27,28)29)6-11(7-15(18)36)21(26,23(30,31)32)24(33,34)35/h1-7,9H,(H,39,41)(H,40,42). The van der Waals surface area contributed by atoms with E-state index in [1.165, 1.54) is 0 Å². The largest absolute Gasteiger partial charge is 0.435 e.